The fourth-order valence-electron chi connectivity index (χ4n) is 2.80. The first-order valence-corrected chi connectivity index (χ1v) is 9.28. The normalized spacial score (nSPS) is 11.7. The minimum atomic E-state index is -1.01. The van der Waals surface area contributed by atoms with Crippen molar-refractivity contribution in [2.75, 3.05) is 13.7 Å². The van der Waals surface area contributed by atoms with Crippen molar-refractivity contribution in [2.45, 2.75) is 32.9 Å². The molecular formula is C21H24ClNO5. The summed E-state index contributed by atoms with van der Waals surface area (Å²) in [5.74, 6) is -0.709. The SMILES string of the molecule is CCOC(Cc1ccc(OC)c(CNC(=O)c2ccc(C)cc2Cl)c1)C(=O)O. The van der Waals surface area contributed by atoms with Gasteiger partial charge in [-0.25, -0.2) is 4.79 Å². The highest BCUT2D eigenvalue weighted by molar-refractivity contribution is 6.33. The summed E-state index contributed by atoms with van der Waals surface area (Å²) in [6, 6.07) is 10.6. The van der Waals surface area contributed by atoms with Gasteiger partial charge in [0.1, 0.15) is 5.75 Å². The smallest absolute Gasteiger partial charge is 0.333 e. The molecule has 7 heteroatoms. The lowest BCUT2D eigenvalue weighted by atomic mass is 10.0. The first-order valence-electron chi connectivity index (χ1n) is 8.90. The van der Waals surface area contributed by atoms with Gasteiger partial charge in [0.25, 0.3) is 5.91 Å². The number of methoxy groups -OCH3 is 1. The van der Waals surface area contributed by atoms with Gasteiger partial charge < -0.3 is 19.9 Å². The zero-order valence-electron chi connectivity index (χ0n) is 16.1. The molecule has 1 atom stereocenters. The molecule has 150 valence electrons. The quantitative estimate of drug-likeness (QED) is 0.665. The molecule has 1 amide bonds. The van der Waals surface area contributed by atoms with Crippen molar-refractivity contribution in [1.82, 2.24) is 5.32 Å². The van der Waals surface area contributed by atoms with E-state index in [9.17, 15) is 14.7 Å². The topological polar surface area (TPSA) is 84.9 Å². The molecule has 0 aliphatic carbocycles. The number of amides is 1. The standard InChI is InChI=1S/C21H24ClNO5/c1-4-28-19(21(25)26)11-14-6-8-18(27-3)15(10-14)12-23-20(24)16-7-5-13(2)9-17(16)22/h5-10,19H,4,11-12H2,1-3H3,(H,23,24)(H,25,26). The molecule has 0 spiro atoms. The molecule has 1 unspecified atom stereocenters. The molecule has 0 heterocycles. The highest BCUT2D eigenvalue weighted by Crippen LogP contribution is 2.22. The minimum absolute atomic E-state index is 0.215. The lowest BCUT2D eigenvalue weighted by Crippen LogP contribution is -2.26. The number of benzene rings is 2. The second kappa shape index (κ2) is 10.1. The number of nitrogens with one attached hydrogen (secondary N) is 1. The predicted molar refractivity (Wildman–Crippen MR) is 107 cm³/mol. The molecule has 0 saturated heterocycles. The van der Waals surface area contributed by atoms with Crippen LogP contribution in [0.2, 0.25) is 5.02 Å². The molecular weight excluding hydrogens is 382 g/mol. The van der Waals surface area contributed by atoms with E-state index >= 15 is 0 Å². The number of rotatable bonds is 9. The van der Waals surface area contributed by atoms with Gasteiger partial charge in [0, 0.05) is 25.1 Å². The summed E-state index contributed by atoms with van der Waals surface area (Å²) >= 11 is 6.15. The number of aryl methyl sites for hydroxylation is 1. The number of carbonyl (C=O) groups excluding carboxylic acids is 1. The number of aliphatic carboxylic acids is 1. The number of hydrogen-bond donors (Lipinski definition) is 2. The van der Waals surface area contributed by atoms with Gasteiger partial charge in [-0.15, -0.1) is 0 Å². The van der Waals surface area contributed by atoms with Crippen LogP contribution in [0.4, 0.5) is 0 Å². The van der Waals surface area contributed by atoms with E-state index in [1.165, 1.54) is 7.11 Å². The van der Waals surface area contributed by atoms with Gasteiger partial charge in [0.05, 0.1) is 17.7 Å². The summed E-state index contributed by atoms with van der Waals surface area (Å²) in [5.41, 5.74) is 2.87. The van der Waals surface area contributed by atoms with Gasteiger partial charge in [0.15, 0.2) is 6.10 Å². The van der Waals surface area contributed by atoms with Crippen LogP contribution in [0.15, 0.2) is 36.4 Å². The summed E-state index contributed by atoms with van der Waals surface area (Å²) in [6.07, 6.45) is -0.704. The summed E-state index contributed by atoms with van der Waals surface area (Å²) in [5, 5.41) is 12.5. The maximum atomic E-state index is 12.5. The lowest BCUT2D eigenvalue weighted by molar-refractivity contribution is -0.149. The van der Waals surface area contributed by atoms with Gasteiger partial charge in [-0.3, -0.25) is 4.79 Å². The van der Waals surface area contributed by atoms with Crippen molar-refractivity contribution in [2.24, 2.45) is 0 Å². The first kappa shape index (κ1) is 21.7. The van der Waals surface area contributed by atoms with Crippen molar-refractivity contribution >= 4 is 23.5 Å². The number of carboxylic acid groups (broad SMARTS) is 1. The minimum Gasteiger partial charge on any atom is -0.496 e. The highest BCUT2D eigenvalue weighted by Gasteiger charge is 2.19. The van der Waals surface area contributed by atoms with Crippen LogP contribution in [-0.4, -0.2) is 36.8 Å². The van der Waals surface area contributed by atoms with E-state index in [1.54, 1.807) is 31.2 Å². The van der Waals surface area contributed by atoms with Crippen LogP contribution in [0.25, 0.3) is 0 Å². The zero-order chi connectivity index (χ0) is 20.7. The van der Waals surface area contributed by atoms with Crippen LogP contribution in [0.1, 0.15) is 34.0 Å². The van der Waals surface area contributed by atoms with Crippen LogP contribution < -0.4 is 10.1 Å². The third-order valence-corrected chi connectivity index (χ3v) is 4.53. The average Bonchev–Trinajstić information content (AvgIpc) is 2.65. The Labute approximate surface area is 169 Å². The number of ether oxygens (including phenoxy) is 2. The van der Waals surface area contributed by atoms with Crippen molar-refractivity contribution in [3.8, 4) is 5.75 Å². The second-order valence-corrected chi connectivity index (χ2v) is 6.71. The van der Waals surface area contributed by atoms with E-state index in [2.05, 4.69) is 5.32 Å². The van der Waals surface area contributed by atoms with Gasteiger partial charge in [-0.2, -0.15) is 0 Å². The molecule has 2 aromatic carbocycles. The third-order valence-electron chi connectivity index (χ3n) is 4.22. The van der Waals surface area contributed by atoms with Crippen LogP contribution >= 0.6 is 11.6 Å². The number of carboxylic acids is 1. The van der Waals surface area contributed by atoms with Gasteiger partial charge >= 0.3 is 5.97 Å². The van der Waals surface area contributed by atoms with Crippen molar-refractivity contribution < 1.29 is 24.2 Å². The van der Waals surface area contributed by atoms with E-state index in [-0.39, 0.29) is 18.9 Å². The van der Waals surface area contributed by atoms with Gasteiger partial charge in [-0.05, 0) is 43.2 Å². The third kappa shape index (κ3) is 5.71. The summed E-state index contributed by atoms with van der Waals surface area (Å²) in [4.78, 5) is 23.8. The van der Waals surface area contributed by atoms with Crippen LogP contribution in [-0.2, 0) is 22.5 Å². The maximum absolute atomic E-state index is 12.5. The molecule has 6 nitrogen and oxygen atoms in total. The van der Waals surface area contributed by atoms with Crippen molar-refractivity contribution in [1.29, 1.82) is 0 Å². The van der Waals surface area contributed by atoms with Crippen LogP contribution in [0.3, 0.4) is 0 Å². The van der Waals surface area contributed by atoms with E-state index in [1.807, 2.05) is 19.1 Å². The van der Waals surface area contributed by atoms with Gasteiger partial charge in [-0.1, -0.05) is 29.8 Å². The molecule has 0 radical (unpaired) electrons. The Kier molecular flexibility index (Phi) is 7.84. The summed E-state index contributed by atoms with van der Waals surface area (Å²) in [7, 11) is 1.54. The molecule has 0 aromatic heterocycles. The highest BCUT2D eigenvalue weighted by atomic mass is 35.5. The molecule has 0 aliphatic heterocycles. The fraction of sp³-hybridized carbons (Fsp3) is 0.333. The van der Waals surface area contributed by atoms with E-state index in [0.717, 1.165) is 16.7 Å². The second-order valence-electron chi connectivity index (χ2n) is 6.30. The van der Waals surface area contributed by atoms with E-state index in [4.69, 9.17) is 21.1 Å². The molecule has 0 fully saturated rings. The number of hydrogen-bond acceptors (Lipinski definition) is 4. The monoisotopic (exact) mass is 405 g/mol. The Morgan fingerprint density at radius 3 is 2.57 bits per heavy atom. The Morgan fingerprint density at radius 1 is 1.21 bits per heavy atom. The molecule has 2 N–H and O–H groups in total. The van der Waals surface area contributed by atoms with Crippen molar-refractivity contribution in [3.05, 3.63) is 63.7 Å². The Hall–Kier alpha value is -2.57. The molecule has 2 rings (SSSR count). The zero-order valence-corrected chi connectivity index (χ0v) is 16.9. The number of carbonyl (C=O) groups is 2. The average molecular weight is 406 g/mol. The Morgan fingerprint density at radius 2 is 1.96 bits per heavy atom. The molecule has 0 saturated carbocycles. The van der Waals surface area contributed by atoms with Crippen LogP contribution in [0.5, 0.6) is 5.75 Å². The fourth-order valence-corrected chi connectivity index (χ4v) is 3.13. The first-order chi connectivity index (χ1) is 13.3. The summed E-state index contributed by atoms with van der Waals surface area (Å²) in [6.45, 7) is 4.18. The predicted octanol–water partition coefficient (Wildman–Crippen LogP) is 3.62. The molecule has 2 aromatic rings. The lowest BCUT2D eigenvalue weighted by Gasteiger charge is -2.15. The molecule has 0 bridgehead atoms. The molecule has 0 aliphatic rings. The number of halogens is 1. The Bertz CT molecular complexity index is 853. The maximum Gasteiger partial charge on any atom is 0.333 e. The van der Waals surface area contributed by atoms with Gasteiger partial charge in [0.2, 0.25) is 0 Å². The van der Waals surface area contributed by atoms with E-state index in [0.29, 0.717) is 22.9 Å². The van der Waals surface area contributed by atoms with Crippen LogP contribution in [0, 0.1) is 6.92 Å². The molecule has 28 heavy (non-hydrogen) atoms. The van der Waals surface area contributed by atoms with E-state index < -0.39 is 12.1 Å². The largest absolute Gasteiger partial charge is 0.496 e. The Balaban J connectivity index is 2.15. The summed E-state index contributed by atoms with van der Waals surface area (Å²) < 4.78 is 10.6. The van der Waals surface area contributed by atoms with Crippen molar-refractivity contribution in [3.63, 3.8) is 0 Å².